The molecule has 2 saturated heterocycles. The molecule has 0 unspecified atom stereocenters. The van der Waals surface area contributed by atoms with Crippen molar-refractivity contribution in [3.8, 4) is 22.9 Å². The molecule has 2 N–H and O–H groups in total. The average molecular weight is 569 g/mol. The van der Waals surface area contributed by atoms with E-state index in [0.717, 1.165) is 43.6 Å². The number of likely N-dealkylation sites (N-methyl/N-ethyl adjacent to an activating group) is 1. The molecular weight excluding hydrogens is 541 g/mol. The third-order valence-electron chi connectivity index (χ3n) is 9.15. The van der Waals surface area contributed by atoms with E-state index in [1.807, 2.05) is 11.9 Å². The Labute approximate surface area is 231 Å². The van der Waals surface area contributed by atoms with Crippen molar-refractivity contribution in [3.05, 3.63) is 29.8 Å². The summed E-state index contributed by atoms with van der Waals surface area (Å²) in [6.45, 7) is 1.48. The first-order chi connectivity index (χ1) is 19.3. The molecule has 12 heteroatoms. The van der Waals surface area contributed by atoms with Crippen LogP contribution in [0.4, 0.5) is 24.1 Å². The average Bonchev–Trinajstić information content (AvgIpc) is 3.56. The van der Waals surface area contributed by atoms with Gasteiger partial charge in [0.15, 0.2) is 10.9 Å². The fourth-order valence-corrected chi connectivity index (χ4v) is 7.79. The molecule has 3 fully saturated rings. The number of nitrogens with two attached hydrogens (primary N) is 1. The maximum Gasteiger partial charge on any atom is 0.319 e. The summed E-state index contributed by atoms with van der Waals surface area (Å²) >= 11 is 1.02. The van der Waals surface area contributed by atoms with Crippen LogP contribution in [0.3, 0.4) is 0 Å². The van der Waals surface area contributed by atoms with E-state index in [4.69, 9.17) is 20.2 Å². The standard InChI is InChI=1S/C28H27F3N6O2S/c1-36-17-5-6-18(17)39-19-9-15(14-3-4-16(30)24-22(14)33-26(32)40-24)21(31)23-20(19)25(36)35-27(34-23)38-12-28-7-2-8-37(28)11-13(29)10-28/h3-4,9,13,17-18H,2,5-8,10-12H2,1H3,(H2,32,33)/t13-,17-,18-,28+/m1/s1. The first-order valence-electron chi connectivity index (χ1n) is 13.6. The summed E-state index contributed by atoms with van der Waals surface area (Å²) in [5.74, 6) is -0.0801. The van der Waals surface area contributed by atoms with Gasteiger partial charge in [0.1, 0.15) is 41.8 Å². The highest BCUT2D eigenvalue weighted by atomic mass is 32.1. The lowest BCUT2D eigenvalue weighted by atomic mass is 9.88. The molecule has 8 nitrogen and oxygen atoms in total. The van der Waals surface area contributed by atoms with Gasteiger partial charge in [-0.15, -0.1) is 0 Å². The van der Waals surface area contributed by atoms with Crippen LogP contribution in [-0.4, -0.2) is 70.5 Å². The molecule has 4 aliphatic rings. The smallest absolute Gasteiger partial charge is 0.319 e. The number of nitrogen functional groups attached to an aromatic ring is 1. The normalized spacial score (nSPS) is 27.4. The van der Waals surface area contributed by atoms with E-state index in [2.05, 4.69) is 14.9 Å². The molecular formula is C28H27F3N6O2S. The molecule has 2 aromatic heterocycles. The summed E-state index contributed by atoms with van der Waals surface area (Å²) in [4.78, 5) is 17.8. The number of aromatic nitrogens is 3. The molecule has 2 aromatic carbocycles. The topological polar surface area (TPSA) is 89.6 Å². The fourth-order valence-electron chi connectivity index (χ4n) is 7.03. The third kappa shape index (κ3) is 3.44. The fraction of sp³-hybridized carbons (Fsp3) is 0.464. The number of fused-ring (bicyclic) bond motifs is 3. The van der Waals surface area contributed by atoms with Crippen LogP contribution in [0.5, 0.6) is 11.8 Å². The van der Waals surface area contributed by atoms with Crippen LogP contribution in [0.1, 0.15) is 32.1 Å². The third-order valence-corrected chi connectivity index (χ3v) is 10.0. The molecule has 1 aliphatic carbocycles. The lowest BCUT2D eigenvalue weighted by Gasteiger charge is -2.40. The SMILES string of the molecule is CN1c2nc(OC[C@@]34CCCN3C[C@H](F)C4)nc3c(F)c(-c4ccc(F)c5sc(N)nc45)cc(c23)O[C@@H]2CC[C@H]21. The van der Waals surface area contributed by atoms with Crippen molar-refractivity contribution in [2.24, 2.45) is 0 Å². The second kappa shape index (κ2) is 8.56. The Kier molecular flexibility index (Phi) is 5.23. The quantitative estimate of drug-likeness (QED) is 0.365. The minimum absolute atomic E-state index is 0.0415. The highest BCUT2D eigenvalue weighted by Gasteiger charge is 2.49. The Hall–Kier alpha value is -3.38. The highest BCUT2D eigenvalue weighted by molar-refractivity contribution is 7.22. The number of rotatable bonds is 4. The van der Waals surface area contributed by atoms with Crippen molar-refractivity contribution < 1.29 is 22.6 Å². The van der Waals surface area contributed by atoms with Crippen LogP contribution in [0, 0.1) is 11.6 Å². The molecule has 0 spiro atoms. The summed E-state index contributed by atoms with van der Waals surface area (Å²) in [6, 6.07) is 4.55. The largest absolute Gasteiger partial charge is 0.487 e. The van der Waals surface area contributed by atoms with Crippen LogP contribution in [0.15, 0.2) is 18.2 Å². The van der Waals surface area contributed by atoms with E-state index in [1.54, 1.807) is 6.07 Å². The minimum Gasteiger partial charge on any atom is -0.487 e. The molecule has 4 aromatic rings. The number of anilines is 2. The van der Waals surface area contributed by atoms with Crippen LogP contribution in [0.25, 0.3) is 32.2 Å². The number of halogens is 3. The molecule has 0 bridgehead atoms. The Morgan fingerprint density at radius 3 is 2.88 bits per heavy atom. The van der Waals surface area contributed by atoms with Gasteiger partial charge < -0.3 is 20.1 Å². The molecule has 4 atom stereocenters. The van der Waals surface area contributed by atoms with Gasteiger partial charge in [-0.05, 0) is 50.4 Å². The second-order valence-electron chi connectivity index (χ2n) is 11.4. The van der Waals surface area contributed by atoms with Gasteiger partial charge in [-0.1, -0.05) is 11.3 Å². The number of ether oxygens (including phenoxy) is 2. The van der Waals surface area contributed by atoms with Crippen molar-refractivity contribution in [2.45, 2.75) is 56.0 Å². The molecule has 1 saturated carbocycles. The first-order valence-corrected chi connectivity index (χ1v) is 14.4. The van der Waals surface area contributed by atoms with Gasteiger partial charge in [0.05, 0.1) is 27.2 Å². The Morgan fingerprint density at radius 1 is 1.18 bits per heavy atom. The molecule has 3 aliphatic heterocycles. The van der Waals surface area contributed by atoms with Gasteiger partial charge in [0, 0.05) is 31.1 Å². The number of hydrogen-bond acceptors (Lipinski definition) is 9. The van der Waals surface area contributed by atoms with E-state index in [-0.39, 0.29) is 51.2 Å². The van der Waals surface area contributed by atoms with E-state index < -0.39 is 23.3 Å². The zero-order chi connectivity index (χ0) is 27.3. The lowest BCUT2D eigenvalue weighted by molar-refractivity contribution is 0.0947. The van der Waals surface area contributed by atoms with Gasteiger partial charge in [-0.3, -0.25) is 4.90 Å². The first kappa shape index (κ1) is 24.4. The Bertz CT molecular complexity index is 1700. The van der Waals surface area contributed by atoms with Crippen molar-refractivity contribution >= 4 is 43.4 Å². The molecule has 0 radical (unpaired) electrons. The van der Waals surface area contributed by atoms with Gasteiger partial charge in [0.2, 0.25) is 0 Å². The van der Waals surface area contributed by atoms with Crippen LogP contribution < -0.4 is 20.1 Å². The monoisotopic (exact) mass is 568 g/mol. The summed E-state index contributed by atoms with van der Waals surface area (Å²) in [5, 5.41) is 0.658. The van der Waals surface area contributed by atoms with Crippen LogP contribution >= 0.6 is 11.3 Å². The van der Waals surface area contributed by atoms with Gasteiger partial charge in [0.25, 0.3) is 0 Å². The van der Waals surface area contributed by atoms with Gasteiger partial charge in [-0.2, -0.15) is 9.97 Å². The summed E-state index contributed by atoms with van der Waals surface area (Å²) < 4.78 is 58.3. The number of benzene rings is 2. The maximum absolute atomic E-state index is 16.5. The molecule has 8 rings (SSSR count). The lowest BCUT2D eigenvalue weighted by Crippen LogP contribution is -2.51. The van der Waals surface area contributed by atoms with Crippen molar-refractivity contribution in [2.75, 3.05) is 37.4 Å². The second-order valence-corrected chi connectivity index (χ2v) is 12.4. The molecule has 40 heavy (non-hydrogen) atoms. The molecule has 208 valence electrons. The molecule has 5 heterocycles. The van der Waals surface area contributed by atoms with E-state index in [9.17, 15) is 8.78 Å². The number of thiazole rings is 1. The van der Waals surface area contributed by atoms with E-state index in [1.165, 1.54) is 12.1 Å². The maximum atomic E-state index is 16.5. The minimum atomic E-state index is -0.889. The van der Waals surface area contributed by atoms with Crippen molar-refractivity contribution in [1.82, 2.24) is 19.9 Å². The van der Waals surface area contributed by atoms with Crippen LogP contribution in [-0.2, 0) is 0 Å². The van der Waals surface area contributed by atoms with Crippen molar-refractivity contribution in [3.63, 3.8) is 0 Å². The number of alkyl halides is 1. The molecule has 0 amide bonds. The van der Waals surface area contributed by atoms with Crippen LogP contribution in [0.2, 0.25) is 0 Å². The van der Waals surface area contributed by atoms with E-state index >= 15 is 4.39 Å². The van der Waals surface area contributed by atoms with E-state index in [0.29, 0.717) is 35.5 Å². The van der Waals surface area contributed by atoms with Gasteiger partial charge in [-0.25, -0.2) is 18.2 Å². The summed E-state index contributed by atoms with van der Waals surface area (Å²) in [6.07, 6.45) is 3.03. The summed E-state index contributed by atoms with van der Waals surface area (Å²) in [7, 11) is 1.93. The number of nitrogens with zero attached hydrogens (tertiary/aromatic N) is 5. The Balaban J connectivity index is 1.29. The predicted octanol–water partition coefficient (Wildman–Crippen LogP) is 5.08. The predicted molar refractivity (Wildman–Crippen MR) is 147 cm³/mol. The summed E-state index contributed by atoms with van der Waals surface area (Å²) in [5.41, 5.74) is 6.43. The van der Waals surface area contributed by atoms with Crippen molar-refractivity contribution in [1.29, 1.82) is 0 Å². The Morgan fingerprint density at radius 2 is 2.05 bits per heavy atom. The van der Waals surface area contributed by atoms with Gasteiger partial charge >= 0.3 is 6.01 Å². The number of hydrogen-bond donors (Lipinski definition) is 1. The highest BCUT2D eigenvalue weighted by Crippen LogP contribution is 2.47. The zero-order valence-corrected chi connectivity index (χ0v) is 22.6. The zero-order valence-electron chi connectivity index (χ0n) is 21.8.